The van der Waals surface area contributed by atoms with Crippen LogP contribution < -0.4 is 0 Å². The van der Waals surface area contributed by atoms with Gasteiger partial charge in [0.15, 0.2) is 6.29 Å². The summed E-state index contributed by atoms with van der Waals surface area (Å²) in [6.45, 7) is 2.21. The van der Waals surface area contributed by atoms with E-state index < -0.39 is 0 Å². The van der Waals surface area contributed by atoms with Gasteiger partial charge in [-0.15, -0.1) is 0 Å². The molecule has 1 aliphatic carbocycles. The third-order valence-corrected chi connectivity index (χ3v) is 5.43. The minimum atomic E-state index is 0.115. The van der Waals surface area contributed by atoms with Crippen LogP contribution in [0, 0.1) is 0 Å². The Hall–Kier alpha value is -2.87. The molecule has 3 aromatic rings. The van der Waals surface area contributed by atoms with Gasteiger partial charge in [0.2, 0.25) is 0 Å². The maximum atomic E-state index is 11.2. The van der Waals surface area contributed by atoms with Gasteiger partial charge >= 0.3 is 0 Å². The van der Waals surface area contributed by atoms with Crippen molar-refractivity contribution in [2.24, 2.45) is 0 Å². The van der Waals surface area contributed by atoms with Crippen molar-refractivity contribution in [2.45, 2.75) is 25.2 Å². The summed E-state index contributed by atoms with van der Waals surface area (Å²) in [5.74, 6) is 0.465. The third-order valence-electron chi connectivity index (χ3n) is 5.43. The predicted octanol–water partition coefficient (Wildman–Crippen LogP) is 5.32. The van der Waals surface area contributed by atoms with Crippen molar-refractivity contribution in [1.29, 1.82) is 0 Å². The highest BCUT2D eigenvalue weighted by molar-refractivity contribution is 5.80. The first-order valence-electron chi connectivity index (χ1n) is 8.65. The zero-order valence-electron chi connectivity index (χ0n) is 14.1. The van der Waals surface area contributed by atoms with E-state index in [-0.39, 0.29) is 17.6 Å². The predicted molar refractivity (Wildman–Crippen MR) is 100 cm³/mol. The van der Waals surface area contributed by atoms with E-state index in [0.29, 0.717) is 5.56 Å². The molecule has 124 valence electrons. The maximum Gasteiger partial charge on any atom is 0.153 e. The highest BCUT2D eigenvalue weighted by Crippen LogP contribution is 2.46. The third kappa shape index (κ3) is 2.54. The summed E-state index contributed by atoms with van der Waals surface area (Å²) in [6.07, 6.45) is 1.56. The summed E-state index contributed by atoms with van der Waals surface area (Å²) in [6, 6.07) is 22.4. The molecule has 1 N–H and O–H groups in total. The summed E-state index contributed by atoms with van der Waals surface area (Å²) in [5, 5.41) is 10.6. The van der Waals surface area contributed by atoms with Crippen LogP contribution in [0.3, 0.4) is 0 Å². The molecule has 2 heteroatoms. The molecule has 0 saturated carbocycles. The minimum absolute atomic E-state index is 0.115. The second kappa shape index (κ2) is 6.21. The smallest absolute Gasteiger partial charge is 0.153 e. The van der Waals surface area contributed by atoms with Crippen molar-refractivity contribution in [2.75, 3.05) is 0 Å². The molecule has 2 nitrogen and oxygen atoms in total. The molecule has 1 aliphatic rings. The largest absolute Gasteiger partial charge is 0.507 e. The SMILES string of the molecule is CC1c2ccccc2-c2ccccc2CC1c1cccc(C=O)c1O. The maximum absolute atomic E-state index is 11.2. The van der Waals surface area contributed by atoms with Gasteiger partial charge in [-0.05, 0) is 52.1 Å². The standard InChI is InChI=1S/C23H20O2/c1-15-18-9-4-5-11-20(18)19-10-3-2-7-16(19)13-22(15)21-12-6-8-17(14-24)23(21)25/h2-12,14-15,22,25H,13H2,1H3. The van der Waals surface area contributed by atoms with Crippen LogP contribution in [-0.4, -0.2) is 11.4 Å². The second-order valence-corrected chi connectivity index (χ2v) is 6.75. The molecule has 2 unspecified atom stereocenters. The summed E-state index contributed by atoms with van der Waals surface area (Å²) >= 11 is 0. The first-order valence-corrected chi connectivity index (χ1v) is 8.65. The van der Waals surface area contributed by atoms with Gasteiger partial charge in [0.05, 0.1) is 5.56 Å². The summed E-state index contributed by atoms with van der Waals surface area (Å²) in [7, 11) is 0. The lowest BCUT2D eigenvalue weighted by molar-refractivity contribution is 0.112. The van der Waals surface area contributed by atoms with Crippen molar-refractivity contribution >= 4 is 6.29 Å². The lowest BCUT2D eigenvalue weighted by atomic mass is 9.79. The number of benzene rings is 3. The Morgan fingerprint density at radius 3 is 2.36 bits per heavy atom. The van der Waals surface area contributed by atoms with Crippen LogP contribution in [0.25, 0.3) is 11.1 Å². The number of rotatable bonds is 2. The first-order chi connectivity index (χ1) is 12.2. The number of aldehydes is 1. The van der Waals surface area contributed by atoms with Crippen molar-refractivity contribution < 1.29 is 9.90 Å². The second-order valence-electron chi connectivity index (χ2n) is 6.75. The van der Waals surface area contributed by atoms with Gasteiger partial charge in [0, 0.05) is 0 Å². The Balaban J connectivity index is 1.94. The van der Waals surface area contributed by atoms with E-state index in [1.54, 1.807) is 6.07 Å². The highest BCUT2D eigenvalue weighted by Gasteiger charge is 2.30. The van der Waals surface area contributed by atoms with Gasteiger partial charge in [0.1, 0.15) is 5.75 Å². The summed E-state index contributed by atoms with van der Waals surface area (Å²) < 4.78 is 0. The van der Waals surface area contributed by atoms with Gasteiger partial charge < -0.3 is 5.11 Å². The van der Waals surface area contributed by atoms with Crippen LogP contribution >= 0.6 is 0 Å². The van der Waals surface area contributed by atoms with Crippen molar-refractivity contribution in [3.05, 3.63) is 89.0 Å². The fraction of sp³-hybridized carbons (Fsp3) is 0.174. The molecule has 0 bridgehead atoms. The molecule has 0 radical (unpaired) electrons. The van der Waals surface area contributed by atoms with E-state index in [4.69, 9.17) is 0 Å². The van der Waals surface area contributed by atoms with E-state index >= 15 is 0 Å². The number of hydrogen-bond acceptors (Lipinski definition) is 2. The van der Waals surface area contributed by atoms with Crippen molar-refractivity contribution in [3.8, 4) is 16.9 Å². The quantitative estimate of drug-likeness (QED) is 0.647. The number of phenols is 1. The lowest BCUT2D eigenvalue weighted by Gasteiger charge is -2.25. The number of para-hydroxylation sites is 1. The van der Waals surface area contributed by atoms with Gasteiger partial charge in [-0.2, -0.15) is 0 Å². The zero-order chi connectivity index (χ0) is 17.4. The topological polar surface area (TPSA) is 37.3 Å². The lowest BCUT2D eigenvalue weighted by Crippen LogP contribution is -2.11. The van der Waals surface area contributed by atoms with Crippen LogP contribution in [0.15, 0.2) is 66.7 Å². The normalized spacial score (nSPS) is 18.8. The average molecular weight is 328 g/mol. The number of carbonyl (C=O) groups excluding carboxylic acids is 1. The number of carbonyl (C=O) groups is 1. The minimum Gasteiger partial charge on any atom is -0.507 e. The first kappa shape index (κ1) is 15.6. The van der Waals surface area contributed by atoms with Crippen LogP contribution in [-0.2, 0) is 6.42 Å². The Labute approximate surface area is 147 Å². The summed E-state index contributed by atoms with van der Waals surface area (Å²) in [5.41, 5.74) is 6.30. The molecule has 0 saturated heterocycles. The zero-order valence-corrected chi connectivity index (χ0v) is 14.1. The number of hydrogen-bond donors (Lipinski definition) is 1. The van der Waals surface area contributed by atoms with E-state index in [0.717, 1.165) is 18.3 Å². The Kier molecular flexibility index (Phi) is 3.89. The molecular formula is C23H20O2. The molecule has 25 heavy (non-hydrogen) atoms. The Morgan fingerprint density at radius 1 is 0.880 bits per heavy atom. The molecule has 0 aromatic heterocycles. The Bertz CT molecular complexity index is 942. The molecule has 0 fully saturated rings. The van der Waals surface area contributed by atoms with Crippen LogP contribution in [0.1, 0.15) is 45.8 Å². The van der Waals surface area contributed by atoms with Crippen LogP contribution in [0.5, 0.6) is 5.75 Å². The van der Waals surface area contributed by atoms with Gasteiger partial charge in [-0.1, -0.05) is 67.6 Å². The molecule has 3 aromatic carbocycles. The molecule has 0 aliphatic heterocycles. The average Bonchev–Trinajstić information content (AvgIpc) is 2.78. The fourth-order valence-electron chi connectivity index (χ4n) is 4.08. The molecule has 2 atom stereocenters. The van der Waals surface area contributed by atoms with E-state index in [9.17, 15) is 9.90 Å². The van der Waals surface area contributed by atoms with E-state index in [2.05, 4.69) is 55.5 Å². The molecule has 0 heterocycles. The number of phenolic OH excluding ortho intramolecular Hbond substituents is 1. The van der Waals surface area contributed by atoms with E-state index in [1.165, 1.54) is 22.3 Å². The molecule has 0 amide bonds. The molecule has 0 spiro atoms. The molecular weight excluding hydrogens is 308 g/mol. The van der Waals surface area contributed by atoms with Gasteiger partial charge in [0.25, 0.3) is 0 Å². The summed E-state index contributed by atoms with van der Waals surface area (Å²) in [4.78, 5) is 11.2. The highest BCUT2D eigenvalue weighted by atomic mass is 16.3. The van der Waals surface area contributed by atoms with Gasteiger partial charge in [-0.25, -0.2) is 0 Å². The number of aromatic hydroxyl groups is 1. The van der Waals surface area contributed by atoms with Gasteiger partial charge in [-0.3, -0.25) is 4.79 Å². The van der Waals surface area contributed by atoms with Crippen LogP contribution in [0.4, 0.5) is 0 Å². The fourth-order valence-corrected chi connectivity index (χ4v) is 4.08. The van der Waals surface area contributed by atoms with E-state index in [1.807, 2.05) is 12.1 Å². The molecule has 4 rings (SSSR count). The monoisotopic (exact) mass is 328 g/mol. The Morgan fingerprint density at radius 2 is 1.56 bits per heavy atom. The van der Waals surface area contributed by atoms with Crippen LogP contribution in [0.2, 0.25) is 0 Å². The number of fused-ring (bicyclic) bond motifs is 3. The van der Waals surface area contributed by atoms with Crippen molar-refractivity contribution in [1.82, 2.24) is 0 Å². The van der Waals surface area contributed by atoms with Crippen molar-refractivity contribution in [3.63, 3.8) is 0 Å².